The van der Waals surface area contributed by atoms with E-state index in [-0.39, 0.29) is 41.0 Å². The van der Waals surface area contributed by atoms with Gasteiger partial charge in [0.05, 0.1) is 41.4 Å². The highest BCUT2D eigenvalue weighted by Gasteiger charge is 2.48. The van der Waals surface area contributed by atoms with Crippen LogP contribution < -0.4 is 10.1 Å². The molecule has 2 saturated heterocycles. The predicted molar refractivity (Wildman–Crippen MR) is 203 cm³/mol. The molecule has 4 atom stereocenters. The van der Waals surface area contributed by atoms with Gasteiger partial charge < -0.3 is 33.4 Å². The molecule has 284 valence electrons. The first kappa shape index (κ1) is 38.6. The molecule has 2 aromatic heterocycles. The van der Waals surface area contributed by atoms with Crippen LogP contribution in [0.15, 0.2) is 40.4 Å². The van der Waals surface area contributed by atoms with E-state index in [2.05, 4.69) is 61.5 Å². The number of nitrogens with one attached hydrogen (secondary N) is 1. The Kier molecular flexibility index (Phi) is 11.4. The smallest absolute Gasteiger partial charge is 0.254 e. The van der Waals surface area contributed by atoms with Crippen molar-refractivity contribution in [3.63, 3.8) is 0 Å². The standard InChI is InChI=1S/C39H56N4O7SSi/c1-24(2)34(32-21-33(42-49-32)48-29-14-16-39(17-15-29)46-18-19-47-39)37(45)43-22-30(50-52(8,9)38(5,6)7)20-31(43)36(44)41-25(3)27-10-12-28(13-11-27)35-26(4)40-23-51-35/h10-13,21,23-25,29-31,34H,14-20,22H2,1-9H3,(H,41,44)/t25-,30+,31-,34?/m0/s1. The van der Waals surface area contributed by atoms with E-state index >= 15 is 0 Å². The number of hydrogen-bond donors (Lipinski definition) is 1. The van der Waals surface area contributed by atoms with Gasteiger partial charge in [0.1, 0.15) is 18.1 Å². The van der Waals surface area contributed by atoms with Crippen LogP contribution in [-0.2, 0) is 23.5 Å². The van der Waals surface area contributed by atoms with Crippen molar-refractivity contribution < 1.29 is 32.7 Å². The van der Waals surface area contributed by atoms with Crippen LogP contribution in [0.2, 0.25) is 18.1 Å². The summed E-state index contributed by atoms with van der Waals surface area (Å²) in [6.45, 7) is 20.6. The van der Waals surface area contributed by atoms with E-state index in [1.165, 1.54) is 0 Å². The lowest BCUT2D eigenvalue weighted by molar-refractivity contribution is -0.186. The minimum absolute atomic E-state index is 0.0205. The average Bonchev–Trinajstić information content (AvgIpc) is 3.90. The van der Waals surface area contributed by atoms with Crippen LogP contribution in [0.25, 0.3) is 10.4 Å². The highest BCUT2D eigenvalue weighted by Crippen LogP contribution is 2.41. The maximum absolute atomic E-state index is 14.6. The van der Waals surface area contributed by atoms with Gasteiger partial charge in [0.25, 0.3) is 5.88 Å². The van der Waals surface area contributed by atoms with Gasteiger partial charge in [0, 0.05) is 31.9 Å². The number of nitrogens with zero attached hydrogens (tertiary/aromatic N) is 3. The number of thiazole rings is 1. The molecule has 3 aliphatic rings. The van der Waals surface area contributed by atoms with E-state index in [4.69, 9.17) is 23.2 Å². The molecule has 3 fully saturated rings. The molecule has 11 nitrogen and oxygen atoms in total. The summed E-state index contributed by atoms with van der Waals surface area (Å²) >= 11 is 1.61. The number of carbonyl (C=O) groups excluding carboxylic acids is 2. The fourth-order valence-electron chi connectivity index (χ4n) is 7.36. The fourth-order valence-corrected chi connectivity index (χ4v) is 9.53. The lowest BCUT2D eigenvalue weighted by atomic mass is 9.91. The van der Waals surface area contributed by atoms with Crippen molar-refractivity contribution in [1.29, 1.82) is 0 Å². The van der Waals surface area contributed by atoms with Gasteiger partial charge >= 0.3 is 0 Å². The largest absolute Gasteiger partial charge is 0.472 e. The molecule has 1 N–H and O–H groups in total. The van der Waals surface area contributed by atoms with Crippen molar-refractivity contribution in [2.75, 3.05) is 19.8 Å². The van der Waals surface area contributed by atoms with E-state index in [0.717, 1.165) is 47.4 Å². The summed E-state index contributed by atoms with van der Waals surface area (Å²) in [7, 11) is -2.19. The molecule has 2 aliphatic heterocycles. The number of benzene rings is 1. The average molecular weight is 753 g/mol. The fraction of sp³-hybridized carbons (Fsp3) is 0.641. The van der Waals surface area contributed by atoms with Gasteiger partial charge in [-0.15, -0.1) is 11.3 Å². The summed E-state index contributed by atoms with van der Waals surface area (Å²) in [5.74, 6) is -0.821. The van der Waals surface area contributed by atoms with E-state index in [0.29, 0.717) is 37.8 Å². The minimum Gasteiger partial charge on any atom is -0.472 e. The van der Waals surface area contributed by atoms with E-state index in [9.17, 15) is 9.59 Å². The number of ether oxygens (including phenoxy) is 3. The first-order valence-corrected chi connectivity index (χ1v) is 22.5. The Labute approximate surface area is 313 Å². The van der Waals surface area contributed by atoms with Crippen molar-refractivity contribution in [3.8, 4) is 16.3 Å². The summed E-state index contributed by atoms with van der Waals surface area (Å²) in [5, 5.41) is 7.42. The first-order valence-electron chi connectivity index (χ1n) is 18.8. The molecule has 1 aliphatic carbocycles. The van der Waals surface area contributed by atoms with Gasteiger partial charge in [0.2, 0.25) is 11.8 Å². The first-order chi connectivity index (χ1) is 24.6. The van der Waals surface area contributed by atoms with E-state index in [1.54, 1.807) is 22.3 Å². The molecule has 13 heteroatoms. The van der Waals surface area contributed by atoms with Crippen molar-refractivity contribution in [2.24, 2.45) is 5.92 Å². The second-order valence-corrected chi connectivity index (χ2v) is 22.2. The van der Waals surface area contributed by atoms with Gasteiger partial charge in [-0.2, -0.15) is 0 Å². The van der Waals surface area contributed by atoms with Crippen LogP contribution in [0.4, 0.5) is 0 Å². The third-order valence-corrected chi connectivity index (χ3v) is 16.9. The summed E-state index contributed by atoms with van der Waals surface area (Å²) in [6, 6.07) is 9.00. The molecule has 1 aromatic carbocycles. The van der Waals surface area contributed by atoms with Crippen LogP contribution in [0.1, 0.15) is 103 Å². The highest BCUT2D eigenvalue weighted by atomic mass is 32.1. The van der Waals surface area contributed by atoms with Gasteiger partial charge in [-0.05, 0) is 67.0 Å². The Morgan fingerprint density at radius 3 is 2.33 bits per heavy atom. The van der Waals surface area contributed by atoms with Crippen LogP contribution in [0, 0.1) is 12.8 Å². The second-order valence-electron chi connectivity index (χ2n) is 16.6. The van der Waals surface area contributed by atoms with Gasteiger partial charge in [-0.25, -0.2) is 4.98 Å². The molecule has 1 spiro atoms. The van der Waals surface area contributed by atoms with E-state index in [1.807, 2.05) is 45.3 Å². The minimum atomic E-state index is -2.19. The number of carbonyl (C=O) groups is 2. The lowest BCUT2D eigenvalue weighted by Gasteiger charge is -2.38. The van der Waals surface area contributed by atoms with Crippen LogP contribution in [0.5, 0.6) is 5.88 Å². The molecule has 2 amide bonds. The quantitative estimate of drug-likeness (QED) is 0.196. The highest BCUT2D eigenvalue weighted by molar-refractivity contribution is 7.13. The van der Waals surface area contributed by atoms with Crippen molar-refractivity contribution >= 4 is 31.5 Å². The second kappa shape index (κ2) is 15.3. The molecule has 3 aromatic rings. The Balaban J connectivity index is 1.17. The Morgan fingerprint density at radius 1 is 1.06 bits per heavy atom. The zero-order valence-electron chi connectivity index (χ0n) is 32.2. The van der Waals surface area contributed by atoms with Gasteiger partial charge in [-0.1, -0.05) is 58.9 Å². The predicted octanol–water partition coefficient (Wildman–Crippen LogP) is 7.78. The number of rotatable bonds is 11. The van der Waals surface area contributed by atoms with Crippen LogP contribution in [0.3, 0.4) is 0 Å². The third-order valence-electron chi connectivity index (χ3n) is 11.4. The summed E-state index contributed by atoms with van der Waals surface area (Å²) in [6.07, 6.45) is 3.21. The molecule has 6 rings (SSSR count). The number of hydrogen-bond acceptors (Lipinski definition) is 10. The number of amides is 2. The van der Waals surface area contributed by atoms with Crippen molar-refractivity contribution in [3.05, 3.63) is 52.9 Å². The SMILES string of the molecule is Cc1ncsc1-c1ccc([C@H](C)NC(=O)[C@@H]2C[C@@H](O[Si](C)(C)C(C)(C)C)CN2C(=O)C(c2cc(OC3CCC4(CC3)OCCO4)no2)C(C)C)cc1. The van der Waals surface area contributed by atoms with Gasteiger partial charge in [0.15, 0.2) is 19.9 Å². The molecule has 4 heterocycles. The number of aromatic nitrogens is 2. The van der Waals surface area contributed by atoms with Crippen molar-refractivity contribution in [2.45, 2.75) is 135 Å². The van der Waals surface area contributed by atoms with Crippen LogP contribution in [-0.4, -0.2) is 79.0 Å². The monoisotopic (exact) mass is 752 g/mol. The summed E-state index contributed by atoms with van der Waals surface area (Å²) < 4.78 is 30.6. The molecule has 0 bridgehead atoms. The maximum atomic E-state index is 14.6. The molecule has 52 heavy (non-hydrogen) atoms. The zero-order chi connectivity index (χ0) is 37.4. The Bertz CT molecular complexity index is 1680. The third kappa shape index (κ3) is 8.33. The summed E-state index contributed by atoms with van der Waals surface area (Å²) in [5.41, 5.74) is 4.93. The zero-order valence-corrected chi connectivity index (χ0v) is 34.0. The van der Waals surface area contributed by atoms with E-state index < -0.39 is 26.1 Å². The molecular weight excluding hydrogens is 697 g/mol. The molecular formula is C39H56N4O7SSi. The number of aryl methyl sites for hydroxylation is 1. The normalized spacial score (nSPS) is 22.2. The summed E-state index contributed by atoms with van der Waals surface area (Å²) in [4.78, 5) is 36.0. The maximum Gasteiger partial charge on any atom is 0.254 e. The topological polar surface area (TPSA) is 125 Å². The Hall–Kier alpha value is -3.10. The van der Waals surface area contributed by atoms with Crippen LogP contribution >= 0.6 is 11.3 Å². The lowest BCUT2D eigenvalue weighted by Crippen LogP contribution is -2.48. The van der Waals surface area contributed by atoms with Gasteiger partial charge in [-0.3, -0.25) is 9.59 Å². The molecule has 1 saturated carbocycles. The molecule has 1 unspecified atom stereocenters. The Morgan fingerprint density at radius 2 is 1.73 bits per heavy atom. The number of likely N-dealkylation sites (tertiary alicyclic amines) is 1. The van der Waals surface area contributed by atoms with Crippen molar-refractivity contribution in [1.82, 2.24) is 20.4 Å². The molecule has 0 radical (unpaired) electrons.